The van der Waals surface area contributed by atoms with Crippen LogP contribution in [0.3, 0.4) is 0 Å². The Bertz CT molecular complexity index is 1120. The van der Waals surface area contributed by atoms with E-state index in [9.17, 15) is 9.65 Å². The van der Waals surface area contributed by atoms with Gasteiger partial charge in [-0.25, -0.2) is 4.39 Å². The molecule has 0 atom stereocenters. The number of allylic oxidation sites excluding steroid dienone is 1. The molecule has 0 amide bonds. The zero-order valence-electron chi connectivity index (χ0n) is 14.7. The van der Waals surface area contributed by atoms with Crippen LogP contribution in [0.4, 0.5) is 4.39 Å². The highest BCUT2D eigenvalue weighted by Gasteiger charge is 2.12. The summed E-state index contributed by atoms with van der Waals surface area (Å²) in [6.07, 6.45) is 1.62. The third-order valence-electron chi connectivity index (χ3n) is 4.00. The van der Waals surface area contributed by atoms with Gasteiger partial charge in [0.25, 0.3) is 0 Å². The number of hydrogen-bond acceptors (Lipinski definition) is 2. The Labute approximate surface area is 194 Å². The second kappa shape index (κ2) is 9.77. The molecule has 0 saturated heterocycles. The molecule has 2 nitrogen and oxygen atoms in total. The maximum atomic E-state index is 14.0. The van der Waals surface area contributed by atoms with E-state index in [0.717, 1.165) is 5.56 Å². The van der Waals surface area contributed by atoms with Crippen molar-refractivity contribution in [3.63, 3.8) is 0 Å². The van der Waals surface area contributed by atoms with Crippen molar-refractivity contribution in [2.45, 2.75) is 6.61 Å². The molecule has 0 bridgehead atoms. The fourth-order valence-electron chi connectivity index (χ4n) is 2.61. The first-order valence-corrected chi connectivity index (χ1v) is 10.7. The van der Waals surface area contributed by atoms with Gasteiger partial charge in [0.2, 0.25) is 0 Å². The van der Waals surface area contributed by atoms with Gasteiger partial charge in [-0.1, -0.05) is 47.5 Å². The van der Waals surface area contributed by atoms with E-state index in [1.807, 2.05) is 0 Å². The first kappa shape index (κ1) is 21.9. The van der Waals surface area contributed by atoms with Gasteiger partial charge in [-0.15, -0.1) is 0 Å². The van der Waals surface area contributed by atoms with E-state index >= 15 is 0 Å². The molecule has 0 aliphatic carbocycles. The molecular formula is C22H12Br2Cl2FNO. The topological polar surface area (TPSA) is 33.0 Å². The normalized spacial score (nSPS) is 11.2. The third kappa shape index (κ3) is 5.40. The minimum atomic E-state index is -0.446. The van der Waals surface area contributed by atoms with E-state index in [-0.39, 0.29) is 17.7 Å². The van der Waals surface area contributed by atoms with E-state index in [1.165, 1.54) is 6.07 Å². The van der Waals surface area contributed by atoms with Gasteiger partial charge in [0.15, 0.2) is 0 Å². The zero-order valence-corrected chi connectivity index (χ0v) is 19.4. The molecule has 0 radical (unpaired) electrons. The molecule has 7 heteroatoms. The van der Waals surface area contributed by atoms with E-state index in [1.54, 1.807) is 54.6 Å². The maximum Gasteiger partial charge on any atom is 0.148 e. The second-order valence-electron chi connectivity index (χ2n) is 5.99. The van der Waals surface area contributed by atoms with Crippen LogP contribution in [0.5, 0.6) is 5.75 Å². The van der Waals surface area contributed by atoms with Crippen molar-refractivity contribution in [3.8, 4) is 11.8 Å². The third-order valence-corrected chi connectivity index (χ3v) is 5.77. The smallest absolute Gasteiger partial charge is 0.148 e. The lowest BCUT2D eigenvalue weighted by Gasteiger charge is -2.13. The van der Waals surface area contributed by atoms with Crippen molar-refractivity contribution in [2.75, 3.05) is 0 Å². The highest BCUT2D eigenvalue weighted by atomic mass is 79.9. The summed E-state index contributed by atoms with van der Waals surface area (Å²) < 4.78 is 21.3. The quantitative estimate of drug-likeness (QED) is 0.234. The lowest BCUT2D eigenvalue weighted by atomic mass is 10.0. The summed E-state index contributed by atoms with van der Waals surface area (Å²) in [4.78, 5) is 0. The highest BCUT2D eigenvalue weighted by molar-refractivity contribution is 9.11. The lowest BCUT2D eigenvalue weighted by Crippen LogP contribution is -1.98. The number of hydrogen-bond donors (Lipinski definition) is 0. The van der Waals surface area contributed by atoms with Crippen LogP contribution in [-0.2, 0) is 6.61 Å². The molecule has 0 spiro atoms. The van der Waals surface area contributed by atoms with Crippen molar-refractivity contribution in [1.82, 2.24) is 0 Å². The molecule has 3 aromatic rings. The van der Waals surface area contributed by atoms with Gasteiger partial charge >= 0.3 is 0 Å². The molecule has 3 rings (SSSR count). The minimum Gasteiger partial charge on any atom is -0.486 e. The van der Waals surface area contributed by atoms with Crippen molar-refractivity contribution in [1.29, 1.82) is 5.26 Å². The summed E-state index contributed by atoms with van der Waals surface area (Å²) in [5, 5.41) is 10.5. The molecule has 0 heterocycles. The number of halogens is 5. The molecule has 0 aromatic heterocycles. The molecule has 0 N–H and O–H groups in total. The molecule has 0 aliphatic heterocycles. The summed E-state index contributed by atoms with van der Waals surface area (Å²) in [5.74, 6) is 0.135. The van der Waals surface area contributed by atoms with Gasteiger partial charge in [0.05, 0.1) is 20.6 Å². The number of benzene rings is 3. The van der Waals surface area contributed by atoms with Crippen LogP contribution in [-0.4, -0.2) is 0 Å². The average molecular weight is 556 g/mol. The molecule has 0 saturated carbocycles. The Balaban J connectivity index is 1.87. The lowest BCUT2D eigenvalue weighted by molar-refractivity contribution is 0.302. The molecule has 3 aromatic carbocycles. The highest BCUT2D eigenvalue weighted by Crippen LogP contribution is 2.37. The fourth-order valence-corrected chi connectivity index (χ4v) is 4.52. The fraction of sp³-hybridized carbons (Fsp3) is 0.0455. The Hall–Kier alpha value is -1.84. The van der Waals surface area contributed by atoms with Crippen LogP contribution in [0.15, 0.2) is 63.5 Å². The minimum absolute atomic E-state index is 0.225. The molecule has 0 unspecified atom stereocenters. The largest absolute Gasteiger partial charge is 0.486 e. The second-order valence-corrected chi connectivity index (χ2v) is 8.54. The predicted molar refractivity (Wildman–Crippen MR) is 123 cm³/mol. The summed E-state index contributed by atoms with van der Waals surface area (Å²) in [6.45, 7) is 0.251. The van der Waals surface area contributed by atoms with Gasteiger partial charge in [0.1, 0.15) is 18.2 Å². The summed E-state index contributed by atoms with van der Waals surface area (Å²) in [7, 11) is 0. The van der Waals surface area contributed by atoms with Crippen molar-refractivity contribution in [3.05, 3.63) is 96.1 Å². The first-order valence-electron chi connectivity index (χ1n) is 8.31. The Morgan fingerprint density at radius 1 is 1.07 bits per heavy atom. The number of ether oxygens (including phenoxy) is 1. The van der Waals surface area contributed by atoms with Crippen LogP contribution < -0.4 is 4.74 Å². The van der Waals surface area contributed by atoms with E-state index < -0.39 is 5.82 Å². The monoisotopic (exact) mass is 553 g/mol. The number of nitrogens with zero attached hydrogens (tertiary/aromatic N) is 1. The van der Waals surface area contributed by atoms with Crippen molar-refractivity contribution >= 4 is 66.7 Å². The van der Waals surface area contributed by atoms with Gasteiger partial charge in [-0.05, 0) is 73.8 Å². The van der Waals surface area contributed by atoms with Gasteiger partial charge < -0.3 is 4.74 Å². The Morgan fingerprint density at radius 2 is 1.76 bits per heavy atom. The predicted octanol–water partition coefficient (Wildman–Crippen LogP) is 8.30. The van der Waals surface area contributed by atoms with Crippen LogP contribution in [0.2, 0.25) is 10.0 Å². The standard InChI is InChI=1S/C22H12Br2Cl2FNO/c23-18-8-13(7-15(11-28)17-3-1-2-4-21(17)27)9-19(24)22(18)29-12-14-5-6-16(25)10-20(14)26/h1-10H,12H2/b15-7-. The van der Waals surface area contributed by atoms with Crippen LogP contribution in [0, 0.1) is 17.1 Å². The van der Waals surface area contributed by atoms with E-state index in [4.69, 9.17) is 27.9 Å². The molecule has 29 heavy (non-hydrogen) atoms. The van der Waals surface area contributed by atoms with Gasteiger partial charge in [0, 0.05) is 21.2 Å². The maximum absolute atomic E-state index is 14.0. The summed E-state index contributed by atoms with van der Waals surface area (Å²) >= 11 is 19.1. The Kier molecular flexibility index (Phi) is 7.37. The zero-order chi connectivity index (χ0) is 21.0. The summed E-state index contributed by atoms with van der Waals surface area (Å²) in [5.41, 5.74) is 1.98. The van der Waals surface area contributed by atoms with Crippen molar-refractivity contribution < 1.29 is 9.13 Å². The van der Waals surface area contributed by atoms with Crippen molar-refractivity contribution in [2.24, 2.45) is 0 Å². The summed E-state index contributed by atoms with van der Waals surface area (Å²) in [6, 6.07) is 17.0. The molecule has 0 fully saturated rings. The van der Waals surface area contributed by atoms with Gasteiger partial charge in [-0.3, -0.25) is 0 Å². The van der Waals surface area contributed by atoms with E-state index in [2.05, 4.69) is 37.9 Å². The first-order chi connectivity index (χ1) is 13.9. The molecule has 0 aliphatic rings. The number of rotatable bonds is 5. The SMILES string of the molecule is N#C/C(=C/c1cc(Br)c(OCc2ccc(Cl)cc2Cl)c(Br)c1)c1ccccc1F. The molecule has 146 valence electrons. The van der Waals surface area contributed by atoms with E-state index in [0.29, 0.717) is 30.3 Å². The Morgan fingerprint density at radius 3 is 2.38 bits per heavy atom. The van der Waals surface area contributed by atoms with Crippen LogP contribution in [0.25, 0.3) is 11.6 Å². The van der Waals surface area contributed by atoms with Gasteiger partial charge in [-0.2, -0.15) is 5.26 Å². The van der Waals surface area contributed by atoms with Crippen LogP contribution in [0.1, 0.15) is 16.7 Å². The number of nitriles is 1. The average Bonchev–Trinajstić information content (AvgIpc) is 2.67. The van der Waals surface area contributed by atoms with Crippen LogP contribution >= 0.6 is 55.1 Å². The molecular weight excluding hydrogens is 544 g/mol.